The molecule has 0 radical (unpaired) electrons. The lowest BCUT2D eigenvalue weighted by Crippen LogP contribution is -2.36. The second kappa shape index (κ2) is 44.6. The number of benzene rings is 5. The van der Waals surface area contributed by atoms with E-state index >= 15 is 0 Å². The molecule has 3 amide bonds. The number of carbonyl (C=O) groups is 3. The fourth-order valence-electron chi connectivity index (χ4n) is 6.16. The van der Waals surface area contributed by atoms with Gasteiger partial charge in [0.15, 0.2) is 0 Å². The molecular weight excluding hydrogens is 1100 g/mol. The molecule has 78 heavy (non-hydrogen) atoms. The van der Waals surface area contributed by atoms with Gasteiger partial charge in [0.2, 0.25) is 17.7 Å². The summed E-state index contributed by atoms with van der Waals surface area (Å²) >= 11 is 0. The molecule has 5 rings (SSSR count). The molecular formula is C50H77Cl4FN14O9. The minimum Gasteiger partial charge on any atom is -0.399 e. The van der Waals surface area contributed by atoms with E-state index in [0.29, 0.717) is 50.1 Å². The molecule has 436 valence electrons. The maximum atomic E-state index is 12.1. The van der Waals surface area contributed by atoms with Gasteiger partial charge in [0.1, 0.15) is 17.9 Å². The molecule has 0 bridgehead atoms. The number of rotatable bonds is 26. The van der Waals surface area contributed by atoms with Crippen LogP contribution in [0.1, 0.15) is 72.6 Å². The highest BCUT2D eigenvalue weighted by atomic mass is 35.5. The molecule has 5 aromatic carbocycles. The number of primary amides is 3. The Morgan fingerprint density at radius 1 is 0.462 bits per heavy atom. The maximum Gasteiger partial charge on any atom is 0.269 e. The van der Waals surface area contributed by atoms with Gasteiger partial charge in [-0.05, 0) is 143 Å². The number of unbranched alkanes of at least 4 members (excludes halogenated alkanes) is 3. The molecule has 0 aliphatic carbocycles. The first-order valence-electron chi connectivity index (χ1n) is 22.7. The van der Waals surface area contributed by atoms with Gasteiger partial charge in [-0.2, -0.15) is 0 Å². The molecule has 3 unspecified atom stereocenters. The molecule has 0 aliphatic rings. The summed E-state index contributed by atoms with van der Waals surface area (Å²) in [6.45, 7) is 2.11. The molecule has 18 N–H and O–H groups in total. The Kier molecular flexibility index (Phi) is 45.4. The van der Waals surface area contributed by atoms with Crippen LogP contribution < -0.4 is 61.4 Å². The zero-order valence-electron chi connectivity index (χ0n) is 41.3. The normalized spacial score (nSPS) is 10.6. The van der Waals surface area contributed by atoms with Crippen LogP contribution in [0, 0.1) is 36.2 Å². The number of carbonyl (C=O) groups excluding carboxylic acids is 3. The largest absolute Gasteiger partial charge is 0.399 e. The first kappa shape index (κ1) is 79.4. The Bertz CT molecular complexity index is 2440. The van der Waals surface area contributed by atoms with Gasteiger partial charge >= 0.3 is 0 Å². The predicted octanol–water partition coefficient (Wildman–Crippen LogP) is 9.07. The van der Waals surface area contributed by atoms with Crippen molar-refractivity contribution in [3.8, 4) is 0 Å². The third kappa shape index (κ3) is 34.2. The van der Waals surface area contributed by atoms with Gasteiger partial charge in [-0.15, -0.1) is 49.6 Å². The van der Waals surface area contributed by atoms with Gasteiger partial charge in [0.05, 0.1) is 20.8 Å². The van der Waals surface area contributed by atoms with Crippen molar-refractivity contribution >= 4 is 119 Å². The van der Waals surface area contributed by atoms with E-state index in [1.807, 2.05) is 36.4 Å². The number of hydrogen-bond donors (Lipinski definition) is 11. The lowest BCUT2D eigenvalue weighted by molar-refractivity contribution is -0.385. The van der Waals surface area contributed by atoms with Crippen molar-refractivity contribution in [1.29, 1.82) is 0 Å². The summed E-state index contributed by atoms with van der Waals surface area (Å²) in [5.41, 5.74) is 42.3. The second-order valence-electron chi connectivity index (χ2n) is 15.9. The second-order valence-corrected chi connectivity index (χ2v) is 15.9. The summed E-state index contributed by atoms with van der Waals surface area (Å²) < 4.78 is 12.1. The molecule has 0 aromatic heterocycles. The van der Waals surface area contributed by atoms with E-state index in [1.54, 1.807) is 24.3 Å². The van der Waals surface area contributed by atoms with E-state index in [0.717, 1.165) is 85.7 Å². The van der Waals surface area contributed by atoms with Crippen LogP contribution >= 0.6 is 49.6 Å². The minimum absolute atomic E-state index is 0. The molecule has 5 aromatic rings. The van der Waals surface area contributed by atoms with Crippen molar-refractivity contribution in [3.63, 3.8) is 0 Å². The lowest BCUT2D eigenvalue weighted by atomic mass is 10.1. The third-order valence-electron chi connectivity index (χ3n) is 10.2. The van der Waals surface area contributed by atoms with Crippen LogP contribution in [0.3, 0.4) is 0 Å². The maximum absolute atomic E-state index is 12.1. The van der Waals surface area contributed by atoms with Crippen LogP contribution in [0.5, 0.6) is 0 Å². The number of hydrogen-bond acceptors (Lipinski definition) is 17. The molecule has 0 aliphatic heterocycles. The average molecular weight is 1180 g/mol. The van der Waals surface area contributed by atoms with Crippen molar-refractivity contribution in [3.05, 3.63) is 157 Å². The zero-order chi connectivity index (χ0) is 53.4. The molecule has 3 atom stereocenters. The van der Waals surface area contributed by atoms with Gasteiger partial charge < -0.3 is 61.4 Å². The number of nitrogens with two attached hydrogens (primary N) is 7. The molecule has 0 heterocycles. The molecule has 0 saturated carbocycles. The van der Waals surface area contributed by atoms with Crippen molar-refractivity contribution in [2.45, 2.75) is 90.8 Å². The first-order chi connectivity index (χ1) is 34.3. The van der Waals surface area contributed by atoms with Crippen LogP contribution in [-0.4, -0.2) is 70.3 Å². The number of amides is 3. The van der Waals surface area contributed by atoms with Gasteiger partial charge in [-0.3, -0.25) is 44.7 Å². The van der Waals surface area contributed by atoms with E-state index in [9.17, 15) is 49.1 Å². The number of nitro groups is 3. The van der Waals surface area contributed by atoms with Crippen LogP contribution in [0.4, 0.5) is 55.6 Å². The fourth-order valence-corrected chi connectivity index (χ4v) is 6.16. The fraction of sp³-hybridized carbons (Fsp3) is 0.340. The van der Waals surface area contributed by atoms with Crippen molar-refractivity contribution in [1.82, 2.24) is 0 Å². The summed E-state index contributed by atoms with van der Waals surface area (Å²) in [6, 6.07) is 29.7. The molecule has 0 fully saturated rings. The molecule has 23 nitrogen and oxygen atoms in total. The highest BCUT2D eigenvalue weighted by Crippen LogP contribution is 2.19. The molecule has 0 saturated heterocycles. The summed E-state index contributed by atoms with van der Waals surface area (Å²) in [5, 5.41) is 43.9. The Morgan fingerprint density at radius 2 is 0.756 bits per heavy atom. The monoisotopic (exact) mass is 1180 g/mol. The van der Waals surface area contributed by atoms with Gasteiger partial charge in [-0.1, -0.05) is 21.3 Å². The van der Waals surface area contributed by atoms with Crippen molar-refractivity contribution < 1.29 is 33.5 Å². The third-order valence-corrected chi connectivity index (χ3v) is 10.2. The number of anilines is 6. The summed E-state index contributed by atoms with van der Waals surface area (Å²) in [6.07, 6.45) is 6.93. The number of nitrogens with one attached hydrogen (secondary N) is 4. The molecule has 0 spiro atoms. The van der Waals surface area contributed by atoms with Crippen LogP contribution in [0.15, 0.2) is 121 Å². The number of nitrogen functional groups attached to an aromatic ring is 2. The number of halogens is 5. The zero-order valence-corrected chi connectivity index (χ0v) is 44.6. The van der Waals surface area contributed by atoms with Crippen LogP contribution in [0.25, 0.3) is 0 Å². The standard InChI is InChI=1S/C18H21N5O5.C18H25N5O.C6H4FNO2.C6H15N3O.2CH4.4ClH/c19-18(24)17(21-14-6-10-16(11-7-14)23(27)28)3-1-2-12-20-13-4-8-15(9-5-13)22(25)26;19-13-4-8-15(9-5-13)22-12-2-1-3-17(18(21)24)23-16-10-6-14(20)7-11-16;7-5-1-3-6(4-2-5)8(9)10;7-4-2-1-3-5(8)6(9)10;;;;;;/h4-11,17,20-21H,1-3,12H2,(H2,19,24);4-11,17,22-23H,1-3,12,19-20H2,(H2,21,24);1-4H;5H,1-4,7-8H2,(H2,9,10);2*1H4;4*1H. The quantitative estimate of drug-likeness (QED) is 0.0106. The number of nitrogens with zero attached hydrogens (tertiary/aromatic N) is 3. The lowest BCUT2D eigenvalue weighted by Gasteiger charge is -2.17. The van der Waals surface area contributed by atoms with E-state index in [2.05, 4.69) is 21.3 Å². The van der Waals surface area contributed by atoms with Gasteiger partial charge in [0, 0.05) is 83.6 Å². The minimum atomic E-state index is -0.583. The highest BCUT2D eigenvalue weighted by Gasteiger charge is 2.16. The van der Waals surface area contributed by atoms with Crippen LogP contribution in [-0.2, 0) is 14.4 Å². The Morgan fingerprint density at radius 3 is 1.06 bits per heavy atom. The Hall–Kier alpha value is -7.48. The number of non-ortho nitro benzene ring substituents is 3. The molecule has 28 heteroatoms. The SMILES string of the molecule is C.C.Cl.Cl.Cl.Cl.NC(=O)C(CCCCNc1ccc(N)cc1)Nc1ccc(N)cc1.NC(=O)C(CCCCNc1ccc([N+](=O)[O-])cc1)Nc1ccc([N+](=O)[O-])cc1.NCCCCC(N)C(N)=O.O=[N+]([O-])c1ccc(F)cc1. The average Bonchev–Trinajstić information content (AvgIpc) is 3.35. The Balaban J connectivity index is -0.000000322. The number of nitro benzene ring substituents is 3. The topological polar surface area (TPSA) is 411 Å². The van der Waals surface area contributed by atoms with E-state index in [4.69, 9.17) is 40.1 Å². The van der Waals surface area contributed by atoms with Crippen molar-refractivity contribution in [2.75, 3.05) is 52.4 Å². The van der Waals surface area contributed by atoms with Crippen LogP contribution in [0.2, 0.25) is 0 Å². The van der Waals surface area contributed by atoms with Gasteiger partial charge in [0.25, 0.3) is 17.1 Å². The van der Waals surface area contributed by atoms with E-state index < -0.39 is 44.5 Å². The summed E-state index contributed by atoms with van der Waals surface area (Å²) in [7, 11) is 0. The smallest absolute Gasteiger partial charge is 0.269 e. The Labute approximate surface area is 479 Å². The first-order valence-corrected chi connectivity index (χ1v) is 22.7. The van der Waals surface area contributed by atoms with Gasteiger partial charge in [-0.25, -0.2) is 4.39 Å². The summed E-state index contributed by atoms with van der Waals surface area (Å²) in [5.74, 6) is -1.75. The van der Waals surface area contributed by atoms with E-state index in [-0.39, 0.29) is 93.5 Å². The highest BCUT2D eigenvalue weighted by molar-refractivity contribution is 5.86. The van der Waals surface area contributed by atoms with Crippen molar-refractivity contribution in [2.24, 2.45) is 28.7 Å². The summed E-state index contributed by atoms with van der Waals surface area (Å²) in [4.78, 5) is 63.4. The predicted molar refractivity (Wildman–Crippen MR) is 321 cm³/mol. The van der Waals surface area contributed by atoms with E-state index in [1.165, 1.54) is 36.4 Å².